The van der Waals surface area contributed by atoms with Crippen LogP contribution in [0.2, 0.25) is 0 Å². The average Bonchev–Trinajstić information content (AvgIpc) is 2.53. The van der Waals surface area contributed by atoms with E-state index < -0.39 is 0 Å². The third-order valence-electron chi connectivity index (χ3n) is 2.52. The van der Waals surface area contributed by atoms with E-state index in [0.717, 1.165) is 15.9 Å². The number of aryl methyl sites for hydroxylation is 2. The van der Waals surface area contributed by atoms with Gasteiger partial charge in [-0.1, -0.05) is 15.9 Å². The maximum absolute atomic E-state index is 13.6. The van der Waals surface area contributed by atoms with Gasteiger partial charge in [0.05, 0.1) is 15.9 Å². The summed E-state index contributed by atoms with van der Waals surface area (Å²) in [6, 6.07) is 4.71. The Bertz CT molecular complexity index is 584. The van der Waals surface area contributed by atoms with E-state index in [1.807, 2.05) is 14.0 Å². The number of halogens is 3. The number of hydrogen-bond acceptors (Lipinski definition) is 2. The van der Waals surface area contributed by atoms with Crippen molar-refractivity contribution in [2.24, 2.45) is 7.05 Å². The molecule has 0 atom stereocenters. The van der Waals surface area contributed by atoms with Gasteiger partial charge < -0.3 is 4.74 Å². The molecular formula is C12H11Br2FN2O. The van der Waals surface area contributed by atoms with E-state index in [0.29, 0.717) is 4.47 Å². The van der Waals surface area contributed by atoms with Crippen molar-refractivity contribution < 1.29 is 9.13 Å². The number of benzene rings is 1. The Hall–Kier alpha value is -0.880. The second-order valence-electron chi connectivity index (χ2n) is 3.83. The quantitative estimate of drug-likeness (QED) is 0.809. The smallest absolute Gasteiger partial charge is 0.166 e. The highest BCUT2D eigenvalue weighted by atomic mass is 79.9. The summed E-state index contributed by atoms with van der Waals surface area (Å²) >= 11 is 6.64. The summed E-state index contributed by atoms with van der Waals surface area (Å²) in [5, 5.41) is 4.25. The molecule has 1 aromatic heterocycles. The first-order valence-corrected chi connectivity index (χ1v) is 6.83. The lowest BCUT2D eigenvalue weighted by molar-refractivity contribution is 0.279. The monoisotopic (exact) mass is 376 g/mol. The third kappa shape index (κ3) is 2.75. The molecule has 2 rings (SSSR count). The van der Waals surface area contributed by atoms with E-state index in [1.165, 1.54) is 6.07 Å². The predicted octanol–water partition coefficient (Wildman–Crippen LogP) is 3.97. The van der Waals surface area contributed by atoms with Gasteiger partial charge in [0.2, 0.25) is 0 Å². The number of rotatable bonds is 3. The molecule has 0 saturated carbocycles. The van der Waals surface area contributed by atoms with Crippen molar-refractivity contribution in [1.29, 1.82) is 0 Å². The van der Waals surface area contributed by atoms with Gasteiger partial charge in [-0.25, -0.2) is 4.39 Å². The zero-order valence-electron chi connectivity index (χ0n) is 9.88. The molecular weight excluding hydrogens is 367 g/mol. The molecule has 0 bridgehead atoms. The summed E-state index contributed by atoms with van der Waals surface area (Å²) in [5.41, 5.74) is 1.75. The van der Waals surface area contributed by atoms with Crippen LogP contribution >= 0.6 is 31.9 Å². The van der Waals surface area contributed by atoms with Crippen LogP contribution in [0.4, 0.5) is 4.39 Å². The lowest BCUT2D eigenvalue weighted by Crippen LogP contribution is -2.04. The van der Waals surface area contributed by atoms with Gasteiger partial charge in [0.25, 0.3) is 0 Å². The van der Waals surface area contributed by atoms with Crippen molar-refractivity contribution in [3.8, 4) is 5.75 Å². The molecule has 1 aromatic carbocycles. The van der Waals surface area contributed by atoms with Crippen molar-refractivity contribution in [1.82, 2.24) is 9.78 Å². The van der Waals surface area contributed by atoms with E-state index in [9.17, 15) is 4.39 Å². The van der Waals surface area contributed by atoms with Crippen LogP contribution in [0.3, 0.4) is 0 Å². The molecule has 0 unspecified atom stereocenters. The van der Waals surface area contributed by atoms with Crippen LogP contribution in [0.5, 0.6) is 5.75 Å². The number of aromatic nitrogens is 2. The zero-order chi connectivity index (χ0) is 13.3. The van der Waals surface area contributed by atoms with Crippen molar-refractivity contribution in [3.63, 3.8) is 0 Å². The summed E-state index contributed by atoms with van der Waals surface area (Å²) in [7, 11) is 1.83. The number of nitrogens with zero attached hydrogens (tertiary/aromatic N) is 2. The number of ether oxygens (including phenoxy) is 1. The van der Waals surface area contributed by atoms with Crippen LogP contribution in [0, 0.1) is 12.7 Å². The lowest BCUT2D eigenvalue weighted by atomic mass is 10.3. The molecule has 0 radical (unpaired) electrons. The fraction of sp³-hybridized carbons (Fsp3) is 0.250. The molecule has 0 amide bonds. The normalized spacial score (nSPS) is 10.7. The maximum Gasteiger partial charge on any atom is 0.166 e. The van der Waals surface area contributed by atoms with Crippen LogP contribution in [0.25, 0.3) is 0 Å². The van der Waals surface area contributed by atoms with Crippen LogP contribution in [-0.4, -0.2) is 9.78 Å². The predicted molar refractivity (Wildman–Crippen MR) is 74.1 cm³/mol. The molecule has 1 heterocycles. The average molecular weight is 378 g/mol. The zero-order valence-corrected chi connectivity index (χ0v) is 13.0. The Morgan fingerprint density at radius 3 is 2.67 bits per heavy atom. The minimum Gasteiger partial charge on any atom is -0.484 e. The summed E-state index contributed by atoms with van der Waals surface area (Å²) in [6.45, 7) is 2.16. The Morgan fingerprint density at radius 1 is 1.39 bits per heavy atom. The maximum atomic E-state index is 13.6. The Kier molecular flexibility index (Phi) is 4.07. The van der Waals surface area contributed by atoms with Gasteiger partial charge >= 0.3 is 0 Å². The van der Waals surface area contributed by atoms with Gasteiger partial charge in [-0.15, -0.1) is 0 Å². The van der Waals surface area contributed by atoms with E-state index >= 15 is 0 Å². The molecule has 0 saturated heterocycles. The SMILES string of the molecule is Cc1nn(C)c(COc2ccc(Br)cc2F)c1Br. The summed E-state index contributed by atoms with van der Waals surface area (Å²) < 4.78 is 22.3. The van der Waals surface area contributed by atoms with Gasteiger partial charge in [-0.2, -0.15) is 5.10 Å². The Morgan fingerprint density at radius 2 is 2.11 bits per heavy atom. The first-order valence-electron chi connectivity index (χ1n) is 5.25. The van der Waals surface area contributed by atoms with Crippen LogP contribution in [-0.2, 0) is 13.7 Å². The van der Waals surface area contributed by atoms with E-state index in [2.05, 4.69) is 37.0 Å². The van der Waals surface area contributed by atoms with Gasteiger partial charge in [-0.05, 0) is 41.1 Å². The Labute approximate surface area is 121 Å². The molecule has 6 heteroatoms. The molecule has 3 nitrogen and oxygen atoms in total. The summed E-state index contributed by atoms with van der Waals surface area (Å²) in [4.78, 5) is 0. The lowest BCUT2D eigenvalue weighted by Gasteiger charge is -2.08. The number of hydrogen-bond donors (Lipinski definition) is 0. The summed E-state index contributed by atoms with van der Waals surface area (Å²) in [6.07, 6.45) is 0. The first kappa shape index (κ1) is 13.5. The molecule has 2 aromatic rings. The van der Waals surface area contributed by atoms with Crippen molar-refractivity contribution in [2.75, 3.05) is 0 Å². The standard InChI is InChI=1S/C12H11Br2FN2O/c1-7-12(14)10(17(2)16-7)6-18-11-4-3-8(13)5-9(11)15/h3-5H,6H2,1-2H3. The molecule has 0 fully saturated rings. The second-order valence-corrected chi connectivity index (χ2v) is 5.54. The third-order valence-corrected chi connectivity index (χ3v) is 4.04. The van der Waals surface area contributed by atoms with Crippen LogP contribution in [0.15, 0.2) is 27.1 Å². The molecule has 0 N–H and O–H groups in total. The second kappa shape index (κ2) is 5.40. The van der Waals surface area contributed by atoms with Gasteiger partial charge in [-0.3, -0.25) is 4.68 Å². The van der Waals surface area contributed by atoms with Crippen LogP contribution in [0.1, 0.15) is 11.4 Å². The first-order chi connectivity index (χ1) is 8.49. The fourth-order valence-corrected chi connectivity index (χ4v) is 2.36. The van der Waals surface area contributed by atoms with Crippen LogP contribution < -0.4 is 4.74 Å². The minimum absolute atomic E-state index is 0.226. The highest BCUT2D eigenvalue weighted by molar-refractivity contribution is 9.10. The molecule has 0 aliphatic heterocycles. The summed E-state index contributed by atoms with van der Waals surface area (Å²) in [5.74, 6) is -0.164. The van der Waals surface area contributed by atoms with E-state index in [-0.39, 0.29) is 18.2 Å². The minimum atomic E-state index is -0.389. The van der Waals surface area contributed by atoms with Gasteiger partial charge in [0.1, 0.15) is 6.61 Å². The van der Waals surface area contributed by atoms with Crippen molar-refractivity contribution in [2.45, 2.75) is 13.5 Å². The largest absolute Gasteiger partial charge is 0.484 e. The molecule has 18 heavy (non-hydrogen) atoms. The van der Waals surface area contributed by atoms with Crippen molar-refractivity contribution in [3.05, 3.63) is 44.3 Å². The molecule has 96 valence electrons. The molecule has 0 spiro atoms. The fourth-order valence-electron chi connectivity index (χ4n) is 1.58. The molecule has 0 aliphatic carbocycles. The van der Waals surface area contributed by atoms with E-state index in [4.69, 9.17) is 4.74 Å². The van der Waals surface area contributed by atoms with Gasteiger partial charge in [0.15, 0.2) is 11.6 Å². The van der Waals surface area contributed by atoms with Gasteiger partial charge in [0, 0.05) is 11.5 Å². The highest BCUT2D eigenvalue weighted by Crippen LogP contribution is 2.25. The highest BCUT2D eigenvalue weighted by Gasteiger charge is 2.12. The molecule has 0 aliphatic rings. The topological polar surface area (TPSA) is 27.1 Å². The van der Waals surface area contributed by atoms with E-state index in [1.54, 1.807) is 16.8 Å². The van der Waals surface area contributed by atoms with Crippen molar-refractivity contribution >= 4 is 31.9 Å². The Balaban J connectivity index is 2.16.